The number of fused-ring (bicyclic) bond motifs is 2. The molecule has 0 spiro atoms. The summed E-state index contributed by atoms with van der Waals surface area (Å²) < 4.78 is 6.24. The van der Waals surface area contributed by atoms with E-state index < -0.39 is 0 Å². The number of benzene rings is 2. The molecule has 2 aromatic carbocycles. The average molecular weight is 427 g/mol. The van der Waals surface area contributed by atoms with Crippen LogP contribution in [0.25, 0.3) is 21.3 Å². The Bertz CT molecular complexity index is 1390. The number of carbonyl (C=O) groups excluding carboxylic acids is 1. The van der Waals surface area contributed by atoms with E-state index in [0.717, 1.165) is 27.2 Å². The van der Waals surface area contributed by atoms with Crippen LogP contribution in [-0.4, -0.2) is 33.0 Å². The van der Waals surface area contributed by atoms with E-state index in [1.807, 2.05) is 60.7 Å². The van der Waals surface area contributed by atoms with E-state index in [0.29, 0.717) is 10.6 Å². The van der Waals surface area contributed by atoms with Crippen LogP contribution < -0.4 is 9.64 Å². The van der Waals surface area contributed by atoms with Gasteiger partial charge in [0.1, 0.15) is 11.4 Å². The Balaban J connectivity index is 1.58. The Labute approximate surface area is 182 Å². The summed E-state index contributed by atoms with van der Waals surface area (Å²) in [5, 5.41) is 0.564. The molecule has 3 heterocycles. The van der Waals surface area contributed by atoms with Crippen LogP contribution in [0.3, 0.4) is 0 Å². The Morgan fingerprint density at radius 1 is 0.968 bits per heavy atom. The summed E-state index contributed by atoms with van der Waals surface area (Å²) in [5.41, 5.74) is 3.21. The van der Waals surface area contributed by atoms with Crippen molar-refractivity contribution in [3.05, 3.63) is 84.4 Å². The molecule has 0 aliphatic carbocycles. The number of para-hydroxylation sites is 2. The lowest BCUT2D eigenvalue weighted by atomic mass is 10.2. The zero-order valence-corrected chi connectivity index (χ0v) is 17.4. The minimum absolute atomic E-state index is 0.256. The fourth-order valence-corrected chi connectivity index (χ4v) is 4.21. The monoisotopic (exact) mass is 427 g/mol. The van der Waals surface area contributed by atoms with Crippen LogP contribution in [-0.2, 0) is 6.54 Å². The maximum Gasteiger partial charge on any atom is 0.280 e. The fourth-order valence-electron chi connectivity index (χ4n) is 3.21. The van der Waals surface area contributed by atoms with Crippen molar-refractivity contribution in [2.24, 2.45) is 0 Å². The van der Waals surface area contributed by atoms with Gasteiger partial charge in [-0.1, -0.05) is 29.5 Å². The Kier molecular flexibility index (Phi) is 4.97. The van der Waals surface area contributed by atoms with Crippen LogP contribution in [0.2, 0.25) is 0 Å². The summed E-state index contributed by atoms with van der Waals surface area (Å²) in [6.45, 7) is 0.269. The summed E-state index contributed by atoms with van der Waals surface area (Å²) in [6, 6.07) is 18.7. The van der Waals surface area contributed by atoms with Gasteiger partial charge >= 0.3 is 0 Å². The third-order valence-electron chi connectivity index (χ3n) is 4.77. The van der Waals surface area contributed by atoms with Gasteiger partial charge in [-0.05, 0) is 42.5 Å². The molecule has 0 unspecified atom stereocenters. The zero-order chi connectivity index (χ0) is 21.2. The Hall–Kier alpha value is -3.91. The molecule has 0 atom stereocenters. The van der Waals surface area contributed by atoms with E-state index in [-0.39, 0.29) is 18.1 Å². The van der Waals surface area contributed by atoms with E-state index in [1.54, 1.807) is 18.2 Å². The van der Waals surface area contributed by atoms with E-state index in [2.05, 4.69) is 19.9 Å². The van der Waals surface area contributed by atoms with Gasteiger partial charge in [0, 0.05) is 6.20 Å². The molecule has 5 aromatic rings. The SMILES string of the molecule is COc1ccc2nc(N(Cc3ccccn3)C(=O)c3cnc4ccccc4n3)sc2c1. The average Bonchev–Trinajstić information content (AvgIpc) is 3.25. The first-order valence-electron chi connectivity index (χ1n) is 9.59. The van der Waals surface area contributed by atoms with Crippen LogP contribution in [0, 0.1) is 0 Å². The third kappa shape index (κ3) is 3.80. The smallest absolute Gasteiger partial charge is 0.280 e. The van der Waals surface area contributed by atoms with E-state index in [1.165, 1.54) is 17.5 Å². The van der Waals surface area contributed by atoms with Crippen molar-refractivity contribution < 1.29 is 9.53 Å². The number of thiazole rings is 1. The number of anilines is 1. The Morgan fingerprint density at radius 2 is 1.81 bits per heavy atom. The normalized spacial score (nSPS) is 11.0. The lowest BCUT2D eigenvalue weighted by Gasteiger charge is -2.19. The van der Waals surface area contributed by atoms with E-state index in [4.69, 9.17) is 4.74 Å². The quantitative estimate of drug-likeness (QED) is 0.411. The number of methoxy groups -OCH3 is 1. The van der Waals surface area contributed by atoms with Crippen LogP contribution in [0.5, 0.6) is 5.75 Å². The first-order chi connectivity index (χ1) is 15.2. The number of ether oxygens (including phenoxy) is 1. The second-order valence-electron chi connectivity index (χ2n) is 6.79. The molecule has 152 valence electrons. The maximum atomic E-state index is 13.5. The molecule has 0 bridgehead atoms. The number of nitrogens with zero attached hydrogens (tertiary/aromatic N) is 5. The summed E-state index contributed by atoms with van der Waals surface area (Å²) in [5.74, 6) is 0.459. The predicted octanol–water partition coefficient (Wildman–Crippen LogP) is 4.49. The minimum Gasteiger partial charge on any atom is -0.497 e. The van der Waals surface area contributed by atoms with Crippen LogP contribution >= 0.6 is 11.3 Å². The molecule has 0 radical (unpaired) electrons. The van der Waals surface area contributed by atoms with Gasteiger partial charge in [0.25, 0.3) is 5.91 Å². The summed E-state index contributed by atoms with van der Waals surface area (Å²) in [6.07, 6.45) is 3.21. The van der Waals surface area contributed by atoms with Crippen LogP contribution in [0.15, 0.2) is 73.1 Å². The molecule has 0 fully saturated rings. The van der Waals surface area contributed by atoms with Gasteiger partial charge < -0.3 is 4.74 Å². The molecular formula is C23H17N5O2S. The number of amides is 1. The lowest BCUT2D eigenvalue weighted by molar-refractivity contribution is 0.0980. The van der Waals surface area contributed by atoms with E-state index in [9.17, 15) is 4.79 Å². The molecule has 5 rings (SSSR count). The second kappa shape index (κ2) is 8.08. The van der Waals surface area contributed by atoms with Crippen LogP contribution in [0.4, 0.5) is 5.13 Å². The third-order valence-corrected chi connectivity index (χ3v) is 5.82. The molecule has 0 saturated carbocycles. The van der Waals surface area contributed by atoms with E-state index >= 15 is 0 Å². The summed E-state index contributed by atoms with van der Waals surface area (Å²) >= 11 is 1.42. The maximum absolute atomic E-state index is 13.5. The highest BCUT2D eigenvalue weighted by atomic mass is 32.1. The number of aromatic nitrogens is 4. The molecule has 0 aliphatic rings. The molecule has 31 heavy (non-hydrogen) atoms. The molecule has 0 aliphatic heterocycles. The number of rotatable bonds is 5. The van der Waals surface area contributed by atoms with Crippen molar-refractivity contribution in [3.8, 4) is 5.75 Å². The molecule has 0 saturated heterocycles. The highest BCUT2D eigenvalue weighted by molar-refractivity contribution is 7.22. The van der Waals surface area contributed by atoms with Crippen LogP contribution in [0.1, 0.15) is 16.2 Å². The number of carbonyl (C=O) groups is 1. The molecular weight excluding hydrogens is 410 g/mol. The van der Waals surface area contributed by atoms with Crippen molar-refractivity contribution in [1.29, 1.82) is 0 Å². The predicted molar refractivity (Wildman–Crippen MR) is 120 cm³/mol. The largest absolute Gasteiger partial charge is 0.497 e. The van der Waals surface area contributed by atoms with Gasteiger partial charge in [0.15, 0.2) is 5.13 Å². The van der Waals surface area contributed by atoms with Gasteiger partial charge in [0.05, 0.1) is 46.8 Å². The van der Waals surface area contributed by atoms with Gasteiger partial charge in [-0.15, -0.1) is 0 Å². The highest BCUT2D eigenvalue weighted by Gasteiger charge is 2.24. The summed E-state index contributed by atoms with van der Waals surface area (Å²) in [7, 11) is 1.62. The second-order valence-corrected chi connectivity index (χ2v) is 7.80. The van der Waals surface area contributed by atoms with Gasteiger partial charge in [-0.2, -0.15) is 0 Å². The van der Waals surface area contributed by atoms with Crippen molar-refractivity contribution in [2.45, 2.75) is 6.54 Å². The van der Waals surface area contributed by atoms with Crippen molar-refractivity contribution in [2.75, 3.05) is 12.0 Å². The molecule has 3 aromatic heterocycles. The van der Waals surface area contributed by atoms with Gasteiger partial charge in [0.2, 0.25) is 0 Å². The van der Waals surface area contributed by atoms with Gasteiger partial charge in [-0.25, -0.2) is 9.97 Å². The van der Waals surface area contributed by atoms with Crippen molar-refractivity contribution in [3.63, 3.8) is 0 Å². The molecule has 7 nitrogen and oxygen atoms in total. The first kappa shape index (κ1) is 19.1. The Morgan fingerprint density at radius 3 is 2.61 bits per heavy atom. The molecule has 1 amide bonds. The lowest BCUT2D eigenvalue weighted by Crippen LogP contribution is -2.31. The molecule has 8 heteroatoms. The topological polar surface area (TPSA) is 81.1 Å². The zero-order valence-electron chi connectivity index (χ0n) is 16.6. The number of pyridine rings is 1. The number of hydrogen-bond acceptors (Lipinski definition) is 7. The highest BCUT2D eigenvalue weighted by Crippen LogP contribution is 2.32. The number of hydrogen-bond donors (Lipinski definition) is 0. The molecule has 0 N–H and O–H groups in total. The summed E-state index contributed by atoms with van der Waals surface area (Å²) in [4.78, 5) is 33.1. The standard InChI is InChI=1S/C23H17N5O2S/c1-30-16-9-10-19-21(12-16)31-23(27-19)28(14-15-6-4-5-11-24-15)22(29)20-13-25-17-7-2-3-8-18(17)26-20/h2-13H,14H2,1H3. The first-order valence-corrected chi connectivity index (χ1v) is 10.4. The van der Waals surface area contributed by atoms with Gasteiger partial charge in [-0.3, -0.25) is 19.7 Å². The minimum atomic E-state index is -0.282. The van der Waals surface area contributed by atoms with Crippen molar-refractivity contribution >= 4 is 43.6 Å². The fraction of sp³-hybridized carbons (Fsp3) is 0.0870. The van der Waals surface area contributed by atoms with Crippen molar-refractivity contribution in [1.82, 2.24) is 19.9 Å².